The van der Waals surface area contributed by atoms with E-state index in [1.165, 1.54) is 0 Å². The molecule has 0 spiro atoms. The minimum absolute atomic E-state index is 0.140. The Morgan fingerprint density at radius 2 is 2.00 bits per heavy atom. The van der Waals surface area contributed by atoms with E-state index in [1.807, 2.05) is 26.8 Å². The number of aliphatic hydroxyl groups is 1. The molecule has 0 saturated heterocycles. The number of phenols is 1. The summed E-state index contributed by atoms with van der Waals surface area (Å²) in [6.07, 6.45) is 0.817. The summed E-state index contributed by atoms with van der Waals surface area (Å²) in [7, 11) is 0. The molecule has 2 N–H and O–H groups in total. The predicted molar refractivity (Wildman–Crippen MR) is 57.7 cm³/mol. The van der Waals surface area contributed by atoms with E-state index in [9.17, 15) is 5.11 Å². The molecule has 1 aromatic carbocycles. The lowest BCUT2D eigenvalue weighted by Crippen LogP contribution is -2.02. The maximum absolute atomic E-state index is 9.61. The molecule has 0 radical (unpaired) electrons. The molecule has 0 aliphatic rings. The van der Waals surface area contributed by atoms with Crippen molar-refractivity contribution in [2.45, 2.75) is 33.1 Å². The molecule has 0 bridgehead atoms. The first-order chi connectivity index (χ1) is 6.60. The molecule has 0 heterocycles. The Hall–Kier alpha value is -1.02. The molecule has 0 saturated carbocycles. The number of aryl methyl sites for hydroxylation is 2. The fraction of sp³-hybridized carbons (Fsp3) is 0.500. The van der Waals surface area contributed by atoms with Crippen molar-refractivity contribution in [3.8, 4) is 5.75 Å². The maximum Gasteiger partial charge on any atom is 0.119 e. The summed E-state index contributed by atoms with van der Waals surface area (Å²) >= 11 is 0. The first-order valence-electron chi connectivity index (χ1n) is 5.03. The van der Waals surface area contributed by atoms with Crippen LogP contribution in [-0.4, -0.2) is 16.8 Å². The van der Waals surface area contributed by atoms with Crippen LogP contribution in [0.4, 0.5) is 0 Å². The second kappa shape index (κ2) is 4.47. The van der Waals surface area contributed by atoms with Crippen LogP contribution in [0.1, 0.15) is 36.5 Å². The zero-order valence-electron chi connectivity index (χ0n) is 9.04. The van der Waals surface area contributed by atoms with E-state index in [0.29, 0.717) is 5.75 Å². The Kier molecular flexibility index (Phi) is 3.53. The summed E-state index contributed by atoms with van der Waals surface area (Å²) in [4.78, 5) is 0. The Labute approximate surface area is 85.2 Å². The summed E-state index contributed by atoms with van der Waals surface area (Å²) in [6.45, 7) is 6.10. The fourth-order valence-electron chi connectivity index (χ4n) is 1.67. The van der Waals surface area contributed by atoms with Gasteiger partial charge in [0.25, 0.3) is 0 Å². The smallest absolute Gasteiger partial charge is 0.119 e. The number of rotatable bonds is 3. The van der Waals surface area contributed by atoms with Crippen molar-refractivity contribution in [3.63, 3.8) is 0 Å². The second-order valence-electron chi connectivity index (χ2n) is 3.77. The van der Waals surface area contributed by atoms with Gasteiger partial charge in [-0.15, -0.1) is 0 Å². The third-order valence-electron chi connectivity index (χ3n) is 2.65. The monoisotopic (exact) mass is 194 g/mol. The van der Waals surface area contributed by atoms with Gasteiger partial charge >= 0.3 is 0 Å². The molecule has 1 atom stereocenters. The molecule has 2 nitrogen and oxygen atoms in total. The van der Waals surface area contributed by atoms with E-state index in [0.717, 1.165) is 23.1 Å². The van der Waals surface area contributed by atoms with Crippen LogP contribution in [0.5, 0.6) is 5.75 Å². The highest BCUT2D eigenvalue weighted by molar-refractivity contribution is 5.42. The lowest BCUT2D eigenvalue weighted by molar-refractivity contribution is 0.272. The van der Waals surface area contributed by atoms with Gasteiger partial charge < -0.3 is 10.2 Å². The highest BCUT2D eigenvalue weighted by Crippen LogP contribution is 2.27. The minimum Gasteiger partial charge on any atom is -0.508 e. The zero-order chi connectivity index (χ0) is 10.7. The summed E-state index contributed by atoms with van der Waals surface area (Å²) in [5.41, 5.74) is 3.12. The van der Waals surface area contributed by atoms with Gasteiger partial charge in [-0.25, -0.2) is 0 Å². The van der Waals surface area contributed by atoms with Gasteiger partial charge in [0.1, 0.15) is 5.75 Å². The molecule has 0 amide bonds. The molecular formula is C12H18O2. The quantitative estimate of drug-likeness (QED) is 0.775. The molecule has 1 rings (SSSR count). The summed E-state index contributed by atoms with van der Waals surface area (Å²) in [5, 5.41) is 18.7. The van der Waals surface area contributed by atoms with Gasteiger partial charge in [-0.2, -0.15) is 0 Å². The third-order valence-corrected chi connectivity index (χ3v) is 2.65. The van der Waals surface area contributed by atoms with Gasteiger partial charge in [-0.1, -0.05) is 19.9 Å². The first-order valence-corrected chi connectivity index (χ1v) is 5.03. The van der Waals surface area contributed by atoms with Crippen molar-refractivity contribution >= 4 is 0 Å². The van der Waals surface area contributed by atoms with Crippen LogP contribution in [0.15, 0.2) is 12.1 Å². The number of hydrogen-bond donors (Lipinski definition) is 2. The number of hydrogen-bond acceptors (Lipinski definition) is 2. The topological polar surface area (TPSA) is 40.5 Å². The fourth-order valence-corrected chi connectivity index (χ4v) is 1.67. The lowest BCUT2D eigenvalue weighted by atomic mass is 9.94. The van der Waals surface area contributed by atoms with Crippen LogP contribution in [0, 0.1) is 6.92 Å². The Morgan fingerprint density at radius 1 is 1.36 bits per heavy atom. The molecule has 0 aromatic heterocycles. The third kappa shape index (κ3) is 2.07. The number of benzene rings is 1. The van der Waals surface area contributed by atoms with Crippen molar-refractivity contribution in [3.05, 3.63) is 28.8 Å². The highest BCUT2D eigenvalue weighted by atomic mass is 16.3. The van der Waals surface area contributed by atoms with Crippen molar-refractivity contribution < 1.29 is 10.2 Å². The van der Waals surface area contributed by atoms with Crippen LogP contribution in [0.2, 0.25) is 0 Å². The zero-order valence-corrected chi connectivity index (χ0v) is 9.04. The lowest BCUT2D eigenvalue weighted by Gasteiger charge is -2.14. The number of aromatic hydroxyl groups is 1. The van der Waals surface area contributed by atoms with Crippen LogP contribution in [-0.2, 0) is 6.42 Å². The second-order valence-corrected chi connectivity index (χ2v) is 3.77. The van der Waals surface area contributed by atoms with Gasteiger partial charge in [0.05, 0.1) is 0 Å². The molecule has 78 valence electrons. The molecular weight excluding hydrogens is 176 g/mol. The van der Waals surface area contributed by atoms with Gasteiger partial charge in [0.15, 0.2) is 0 Å². The van der Waals surface area contributed by atoms with Crippen LogP contribution in [0.3, 0.4) is 0 Å². The van der Waals surface area contributed by atoms with Gasteiger partial charge in [0.2, 0.25) is 0 Å². The molecule has 14 heavy (non-hydrogen) atoms. The average Bonchev–Trinajstić information content (AvgIpc) is 2.17. The van der Waals surface area contributed by atoms with E-state index in [4.69, 9.17) is 5.11 Å². The number of phenolic OH excluding ortho intramolecular Hbond substituents is 1. The Morgan fingerprint density at radius 3 is 2.50 bits per heavy atom. The van der Waals surface area contributed by atoms with Crippen molar-refractivity contribution in [2.24, 2.45) is 0 Å². The van der Waals surface area contributed by atoms with Gasteiger partial charge in [-0.05, 0) is 36.1 Å². The van der Waals surface area contributed by atoms with Crippen molar-refractivity contribution in [1.29, 1.82) is 0 Å². The van der Waals surface area contributed by atoms with Crippen molar-refractivity contribution in [2.75, 3.05) is 6.61 Å². The molecule has 2 heteroatoms. The van der Waals surface area contributed by atoms with E-state index >= 15 is 0 Å². The van der Waals surface area contributed by atoms with E-state index < -0.39 is 0 Å². The SMILES string of the molecule is CCc1cc(C(C)CO)c(C)cc1O. The maximum atomic E-state index is 9.61. The predicted octanol–water partition coefficient (Wildman–Crippen LogP) is 2.36. The minimum atomic E-state index is 0.140. The van der Waals surface area contributed by atoms with E-state index in [1.54, 1.807) is 6.07 Å². The normalized spacial score (nSPS) is 12.9. The van der Waals surface area contributed by atoms with Crippen LogP contribution in [0.25, 0.3) is 0 Å². The van der Waals surface area contributed by atoms with Crippen LogP contribution < -0.4 is 0 Å². The van der Waals surface area contributed by atoms with Crippen molar-refractivity contribution in [1.82, 2.24) is 0 Å². The standard InChI is InChI=1S/C12H18O2/c1-4-10-6-11(9(3)7-13)8(2)5-12(10)14/h5-6,9,13-14H,4,7H2,1-3H3. The largest absolute Gasteiger partial charge is 0.508 e. The highest BCUT2D eigenvalue weighted by Gasteiger charge is 2.10. The molecule has 0 aliphatic carbocycles. The van der Waals surface area contributed by atoms with Gasteiger partial charge in [0, 0.05) is 12.5 Å². The summed E-state index contributed by atoms with van der Waals surface area (Å²) in [6, 6.07) is 3.77. The number of aliphatic hydroxyl groups excluding tert-OH is 1. The molecule has 1 aromatic rings. The Bertz CT molecular complexity index is 318. The molecule has 0 fully saturated rings. The van der Waals surface area contributed by atoms with Crippen LogP contribution >= 0.6 is 0 Å². The van der Waals surface area contributed by atoms with E-state index in [-0.39, 0.29) is 12.5 Å². The molecule has 1 unspecified atom stereocenters. The molecule has 0 aliphatic heterocycles. The Balaban J connectivity index is 3.17. The van der Waals surface area contributed by atoms with E-state index in [2.05, 4.69) is 0 Å². The summed E-state index contributed by atoms with van der Waals surface area (Å²) in [5.74, 6) is 0.500. The average molecular weight is 194 g/mol. The first kappa shape index (κ1) is 11.1. The summed E-state index contributed by atoms with van der Waals surface area (Å²) < 4.78 is 0. The van der Waals surface area contributed by atoms with Gasteiger partial charge in [-0.3, -0.25) is 0 Å².